The molecule has 1 N–H and O–H groups in total. The first-order valence-corrected chi connectivity index (χ1v) is 6.01. The molecule has 0 amide bonds. The van der Waals surface area contributed by atoms with Gasteiger partial charge < -0.3 is 9.52 Å². The fourth-order valence-electron chi connectivity index (χ4n) is 1.83. The smallest absolute Gasteiger partial charge is 0.149 e. The number of fused-ring (bicyclic) bond motifs is 1. The number of halogens is 1. The van der Waals surface area contributed by atoms with Gasteiger partial charge in [0.15, 0.2) is 0 Å². The van der Waals surface area contributed by atoms with E-state index >= 15 is 0 Å². The number of furan rings is 1. The lowest BCUT2D eigenvalue weighted by Gasteiger charge is -1.95. The number of hydrogen-bond acceptors (Lipinski definition) is 2. The van der Waals surface area contributed by atoms with Crippen molar-refractivity contribution >= 4 is 26.9 Å². The van der Waals surface area contributed by atoms with E-state index in [0.29, 0.717) is 0 Å². The Bertz CT molecular complexity index is 671. The van der Waals surface area contributed by atoms with Gasteiger partial charge in [-0.25, -0.2) is 0 Å². The summed E-state index contributed by atoms with van der Waals surface area (Å²) in [4.78, 5) is 0. The van der Waals surface area contributed by atoms with Gasteiger partial charge in [0.25, 0.3) is 0 Å². The van der Waals surface area contributed by atoms with Gasteiger partial charge in [-0.05, 0) is 34.1 Å². The first-order valence-electron chi connectivity index (χ1n) is 5.22. The molecule has 0 bridgehead atoms. The average Bonchev–Trinajstić information content (AvgIpc) is 2.68. The highest BCUT2D eigenvalue weighted by Crippen LogP contribution is 2.38. The van der Waals surface area contributed by atoms with Crippen molar-refractivity contribution in [2.45, 2.75) is 0 Å². The minimum Gasteiger partial charge on any atom is -0.508 e. The summed E-state index contributed by atoms with van der Waals surface area (Å²) >= 11 is 3.52. The molecule has 2 aromatic carbocycles. The van der Waals surface area contributed by atoms with Crippen molar-refractivity contribution in [3.05, 3.63) is 53.0 Å². The topological polar surface area (TPSA) is 33.4 Å². The quantitative estimate of drug-likeness (QED) is 0.712. The van der Waals surface area contributed by atoms with E-state index in [1.165, 1.54) is 0 Å². The zero-order valence-electron chi connectivity index (χ0n) is 8.85. The van der Waals surface area contributed by atoms with Gasteiger partial charge in [-0.3, -0.25) is 0 Å². The van der Waals surface area contributed by atoms with Crippen molar-refractivity contribution in [3.63, 3.8) is 0 Å². The highest BCUT2D eigenvalue weighted by Gasteiger charge is 2.13. The van der Waals surface area contributed by atoms with Gasteiger partial charge in [0.05, 0.1) is 4.47 Å². The van der Waals surface area contributed by atoms with Crippen molar-refractivity contribution in [2.24, 2.45) is 0 Å². The van der Waals surface area contributed by atoms with Crippen LogP contribution in [-0.4, -0.2) is 5.11 Å². The molecule has 0 saturated carbocycles. The third kappa shape index (κ3) is 1.72. The molecule has 3 heteroatoms. The van der Waals surface area contributed by atoms with Crippen LogP contribution in [0.2, 0.25) is 0 Å². The summed E-state index contributed by atoms with van der Waals surface area (Å²) in [5.41, 5.74) is 1.77. The Labute approximate surface area is 107 Å². The Morgan fingerprint density at radius 1 is 1.00 bits per heavy atom. The molecule has 1 aromatic heterocycles. The van der Waals surface area contributed by atoms with Gasteiger partial charge in [-0.2, -0.15) is 0 Å². The summed E-state index contributed by atoms with van der Waals surface area (Å²) in [5.74, 6) is 1.02. The van der Waals surface area contributed by atoms with Crippen LogP contribution in [0, 0.1) is 0 Å². The Morgan fingerprint density at radius 2 is 1.76 bits per heavy atom. The van der Waals surface area contributed by atoms with Gasteiger partial charge in [0.2, 0.25) is 0 Å². The van der Waals surface area contributed by atoms with Crippen molar-refractivity contribution in [1.82, 2.24) is 0 Å². The molecule has 0 spiro atoms. The first-order chi connectivity index (χ1) is 8.25. The summed E-state index contributed by atoms with van der Waals surface area (Å²) in [6.45, 7) is 0. The van der Waals surface area contributed by atoms with E-state index in [1.54, 1.807) is 18.2 Å². The second-order valence-electron chi connectivity index (χ2n) is 3.79. The predicted octanol–water partition coefficient (Wildman–Crippen LogP) is 4.57. The zero-order valence-corrected chi connectivity index (χ0v) is 10.4. The van der Waals surface area contributed by atoms with Crippen LogP contribution in [0.15, 0.2) is 57.4 Å². The number of hydrogen-bond donors (Lipinski definition) is 1. The van der Waals surface area contributed by atoms with Gasteiger partial charge in [-0.1, -0.05) is 30.3 Å². The molecule has 2 nitrogen and oxygen atoms in total. The third-order valence-electron chi connectivity index (χ3n) is 2.65. The molecule has 0 atom stereocenters. The lowest BCUT2D eigenvalue weighted by molar-refractivity contribution is 0.476. The van der Waals surface area contributed by atoms with E-state index in [4.69, 9.17) is 4.42 Å². The number of aromatic hydroxyl groups is 1. The van der Waals surface area contributed by atoms with E-state index in [-0.39, 0.29) is 5.75 Å². The molecular formula is C14H9BrO2. The van der Waals surface area contributed by atoms with Crippen molar-refractivity contribution < 1.29 is 9.52 Å². The van der Waals surface area contributed by atoms with Crippen LogP contribution in [0.1, 0.15) is 0 Å². The van der Waals surface area contributed by atoms with Crippen LogP contribution in [0.25, 0.3) is 22.3 Å². The summed E-state index contributed by atoms with van der Waals surface area (Å²) in [7, 11) is 0. The maximum atomic E-state index is 9.47. The van der Waals surface area contributed by atoms with E-state index in [0.717, 1.165) is 26.8 Å². The molecule has 3 aromatic rings. The minimum atomic E-state index is 0.235. The van der Waals surface area contributed by atoms with E-state index in [9.17, 15) is 5.11 Å². The van der Waals surface area contributed by atoms with Gasteiger partial charge in [-0.15, -0.1) is 0 Å². The van der Waals surface area contributed by atoms with Crippen molar-refractivity contribution in [3.8, 4) is 17.1 Å². The fraction of sp³-hybridized carbons (Fsp3) is 0. The lowest BCUT2D eigenvalue weighted by atomic mass is 10.1. The molecule has 0 saturated heterocycles. The van der Waals surface area contributed by atoms with Gasteiger partial charge in [0.1, 0.15) is 17.1 Å². The maximum absolute atomic E-state index is 9.47. The van der Waals surface area contributed by atoms with Crippen molar-refractivity contribution in [1.29, 1.82) is 0 Å². The monoisotopic (exact) mass is 288 g/mol. The molecule has 3 rings (SSSR count). The van der Waals surface area contributed by atoms with Crippen LogP contribution < -0.4 is 0 Å². The summed E-state index contributed by atoms with van der Waals surface area (Å²) < 4.78 is 6.65. The molecule has 0 aliphatic carbocycles. The summed E-state index contributed by atoms with van der Waals surface area (Å²) in [6, 6.07) is 14.9. The molecule has 0 aliphatic heterocycles. The van der Waals surface area contributed by atoms with Crippen LogP contribution in [0.4, 0.5) is 0 Å². The Balaban J connectivity index is 2.28. The Hall–Kier alpha value is -1.74. The molecule has 0 aliphatic rings. The molecular weight excluding hydrogens is 280 g/mol. The maximum Gasteiger partial charge on any atom is 0.149 e. The largest absolute Gasteiger partial charge is 0.508 e. The SMILES string of the molecule is Oc1ccc2oc(-c3ccccc3)c(Br)c2c1. The minimum absolute atomic E-state index is 0.235. The van der Waals surface area contributed by atoms with Crippen LogP contribution >= 0.6 is 15.9 Å². The van der Waals surface area contributed by atoms with E-state index in [1.807, 2.05) is 30.3 Å². The predicted molar refractivity (Wildman–Crippen MR) is 71.0 cm³/mol. The van der Waals surface area contributed by atoms with Crippen LogP contribution in [-0.2, 0) is 0 Å². The molecule has 0 unspecified atom stereocenters. The second kappa shape index (κ2) is 3.93. The second-order valence-corrected chi connectivity index (χ2v) is 4.58. The lowest BCUT2D eigenvalue weighted by Crippen LogP contribution is -1.72. The fourth-order valence-corrected chi connectivity index (χ4v) is 2.45. The number of benzene rings is 2. The Morgan fingerprint density at radius 3 is 2.53 bits per heavy atom. The summed E-state index contributed by atoms with van der Waals surface area (Å²) in [6.07, 6.45) is 0. The van der Waals surface area contributed by atoms with E-state index in [2.05, 4.69) is 15.9 Å². The standard InChI is InChI=1S/C14H9BrO2/c15-13-11-8-10(16)6-7-12(11)17-14(13)9-4-2-1-3-5-9/h1-8,16H. The molecule has 0 radical (unpaired) electrons. The molecule has 17 heavy (non-hydrogen) atoms. The van der Waals surface area contributed by atoms with E-state index < -0.39 is 0 Å². The average molecular weight is 289 g/mol. The van der Waals surface area contributed by atoms with Crippen LogP contribution in [0.5, 0.6) is 5.75 Å². The number of phenols is 1. The van der Waals surface area contributed by atoms with Gasteiger partial charge in [0, 0.05) is 10.9 Å². The van der Waals surface area contributed by atoms with Crippen molar-refractivity contribution in [2.75, 3.05) is 0 Å². The number of phenolic OH excluding ortho intramolecular Hbond substituents is 1. The molecule has 84 valence electrons. The third-order valence-corrected chi connectivity index (χ3v) is 3.43. The normalized spacial score (nSPS) is 10.9. The molecule has 1 heterocycles. The molecule has 0 fully saturated rings. The highest BCUT2D eigenvalue weighted by atomic mass is 79.9. The highest BCUT2D eigenvalue weighted by molar-refractivity contribution is 9.10. The number of rotatable bonds is 1. The first kappa shape index (κ1) is 10.4. The summed E-state index contributed by atoms with van der Waals surface area (Å²) in [5, 5.41) is 10.4. The van der Waals surface area contributed by atoms with Crippen LogP contribution in [0.3, 0.4) is 0 Å². The zero-order chi connectivity index (χ0) is 11.8. The van der Waals surface area contributed by atoms with Gasteiger partial charge >= 0.3 is 0 Å². The Kier molecular flexibility index (Phi) is 2.41.